The van der Waals surface area contributed by atoms with Gasteiger partial charge in [0.25, 0.3) is 0 Å². The summed E-state index contributed by atoms with van der Waals surface area (Å²) in [5.74, 6) is 6.04. The van der Waals surface area contributed by atoms with Gasteiger partial charge in [0.05, 0.1) is 13.1 Å². The first-order chi connectivity index (χ1) is 9.19. The molecule has 1 aliphatic rings. The highest BCUT2D eigenvalue weighted by molar-refractivity contribution is 7.10. The number of thiophene rings is 1. The van der Waals surface area contributed by atoms with Crippen LogP contribution in [0.2, 0.25) is 0 Å². The lowest BCUT2D eigenvalue weighted by molar-refractivity contribution is -0.122. The standard InChI is InChI=1S/C14H19N3OS/c1-17(10-14(18)16-12-4-5-12)9-13-11(3-2-7-15)6-8-19-13/h6,8,12H,4-5,7,9-10,15H2,1H3,(H,16,18). The summed E-state index contributed by atoms with van der Waals surface area (Å²) >= 11 is 1.66. The van der Waals surface area contributed by atoms with E-state index >= 15 is 0 Å². The van der Waals surface area contributed by atoms with Crippen LogP contribution in [0.15, 0.2) is 11.4 Å². The van der Waals surface area contributed by atoms with Gasteiger partial charge in [-0.3, -0.25) is 9.69 Å². The van der Waals surface area contributed by atoms with Gasteiger partial charge in [-0.05, 0) is 31.3 Å². The van der Waals surface area contributed by atoms with Crippen molar-refractivity contribution in [2.75, 3.05) is 20.1 Å². The summed E-state index contributed by atoms with van der Waals surface area (Å²) in [6.45, 7) is 1.54. The maximum atomic E-state index is 11.7. The average Bonchev–Trinajstić information content (AvgIpc) is 3.05. The van der Waals surface area contributed by atoms with Crippen LogP contribution < -0.4 is 11.1 Å². The number of amides is 1. The zero-order chi connectivity index (χ0) is 13.7. The zero-order valence-corrected chi connectivity index (χ0v) is 11.9. The van der Waals surface area contributed by atoms with Crippen molar-refractivity contribution in [3.8, 4) is 11.8 Å². The van der Waals surface area contributed by atoms with Gasteiger partial charge < -0.3 is 11.1 Å². The Bertz CT molecular complexity index is 496. The van der Waals surface area contributed by atoms with E-state index in [1.54, 1.807) is 11.3 Å². The van der Waals surface area contributed by atoms with Crippen LogP contribution in [-0.2, 0) is 11.3 Å². The van der Waals surface area contributed by atoms with Gasteiger partial charge in [-0.1, -0.05) is 11.8 Å². The van der Waals surface area contributed by atoms with Crippen LogP contribution >= 0.6 is 11.3 Å². The van der Waals surface area contributed by atoms with Gasteiger partial charge in [-0.25, -0.2) is 0 Å². The molecule has 1 amide bonds. The van der Waals surface area contributed by atoms with Crippen LogP contribution in [-0.4, -0.2) is 37.0 Å². The van der Waals surface area contributed by atoms with Gasteiger partial charge in [-0.2, -0.15) is 0 Å². The molecular formula is C14H19N3OS. The van der Waals surface area contributed by atoms with E-state index in [1.807, 2.05) is 23.4 Å². The molecule has 0 atom stereocenters. The molecule has 0 bridgehead atoms. The Kier molecular flexibility index (Phi) is 4.97. The third kappa shape index (κ3) is 4.67. The molecule has 1 aliphatic carbocycles. The number of likely N-dealkylation sites (N-methyl/N-ethyl adjacent to an activating group) is 1. The Balaban J connectivity index is 1.85. The highest BCUT2D eigenvalue weighted by Crippen LogP contribution is 2.19. The lowest BCUT2D eigenvalue weighted by Crippen LogP contribution is -2.35. The van der Waals surface area contributed by atoms with Crippen LogP contribution in [0.4, 0.5) is 0 Å². The predicted molar refractivity (Wildman–Crippen MR) is 77.8 cm³/mol. The molecule has 3 N–H and O–H groups in total. The lowest BCUT2D eigenvalue weighted by atomic mass is 10.2. The summed E-state index contributed by atoms with van der Waals surface area (Å²) in [4.78, 5) is 14.9. The van der Waals surface area contributed by atoms with E-state index in [9.17, 15) is 4.79 Å². The predicted octanol–water partition coefficient (Wildman–Crippen LogP) is 0.769. The lowest BCUT2D eigenvalue weighted by Gasteiger charge is -2.15. The second kappa shape index (κ2) is 6.71. The maximum absolute atomic E-state index is 11.7. The second-order valence-corrected chi connectivity index (χ2v) is 5.78. The van der Waals surface area contributed by atoms with Crippen molar-refractivity contribution < 1.29 is 4.79 Å². The Morgan fingerprint density at radius 2 is 2.42 bits per heavy atom. The van der Waals surface area contributed by atoms with E-state index in [1.165, 1.54) is 4.88 Å². The molecule has 102 valence electrons. The van der Waals surface area contributed by atoms with Crippen molar-refractivity contribution in [1.29, 1.82) is 0 Å². The fraction of sp³-hybridized carbons (Fsp3) is 0.500. The molecule has 4 nitrogen and oxygen atoms in total. The third-order valence-electron chi connectivity index (χ3n) is 2.84. The molecule has 1 fully saturated rings. The Labute approximate surface area is 118 Å². The van der Waals surface area contributed by atoms with E-state index in [-0.39, 0.29) is 5.91 Å². The number of nitrogens with two attached hydrogens (primary N) is 1. The molecule has 0 aromatic carbocycles. The number of rotatable bonds is 5. The molecule has 1 saturated carbocycles. The largest absolute Gasteiger partial charge is 0.352 e. The summed E-state index contributed by atoms with van der Waals surface area (Å²) in [5.41, 5.74) is 6.40. The first kappa shape index (κ1) is 14.1. The molecule has 0 aliphatic heterocycles. The maximum Gasteiger partial charge on any atom is 0.234 e. The summed E-state index contributed by atoms with van der Waals surface area (Å²) in [6.07, 6.45) is 2.25. The van der Waals surface area contributed by atoms with E-state index < -0.39 is 0 Å². The third-order valence-corrected chi connectivity index (χ3v) is 3.75. The molecule has 5 heteroatoms. The highest BCUT2D eigenvalue weighted by Gasteiger charge is 2.23. The number of hydrogen-bond acceptors (Lipinski definition) is 4. The van der Waals surface area contributed by atoms with E-state index in [2.05, 4.69) is 17.2 Å². The smallest absolute Gasteiger partial charge is 0.234 e. The fourth-order valence-corrected chi connectivity index (χ4v) is 2.68. The molecule has 0 saturated heterocycles. The molecule has 19 heavy (non-hydrogen) atoms. The normalized spacial score (nSPS) is 14.1. The van der Waals surface area contributed by atoms with Crippen LogP contribution in [0, 0.1) is 11.8 Å². The number of carbonyl (C=O) groups excluding carboxylic acids is 1. The number of hydrogen-bond donors (Lipinski definition) is 2. The quantitative estimate of drug-likeness (QED) is 0.782. The first-order valence-corrected chi connectivity index (χ1v) is 7.30. The van der Waals surface area contributed by atoms with Crippen molar-refractivity contribution >= 4 is 17.2 Å². The fourth-order valence-electron chi connectivity index (χ4n) is 1.77. The van der Waals surface area contributed by atoms with Crippen LogP contribution in [0.5, 0.6) is 0 Å². The number of nitrogens with one attached hydrogen (secondary N) is 1. The molecule has 0 spiro atoms. The first-order valence-electron chi connectivity index (χ1n) is 6.42. The summed E-state index contributed by atoms with van der Waals surface area (Å²) in [7, 11) is 1.95. The van der Waals surface area contributed by atoms with E-state index in [4.69, 9.17) is 5.73 Å². The van der Waals surface area contributed by atoms with Crippen LogP contribution in [0.25, 0.3) is 0 Å². The Hall–Kier alpha value is -1.35. The van der Waals surface area contributed by atoms with Crippen LogP contribution in [0.1, 0.15) is 23.3 Å². The average molecular weight is 277 g/mol. The monoisotopic (exact) mass is 277 g/mol. The van der Waals surface area contributed by atoms with Gasteiger partial charge in [0.1, 0.15) is 0 Å². The Morgan fingerprint density at radius 1 is 1.63 bits per heavy atom. The molecule has 0 radical (unpaired) electrons. The van der Waals surface area contributed by atoms with Gasteiger partial charge in [0.2, 0.25) is 5.91 Å². The van der Waals surface area contributed by atoms with Gasteiger partial charge in [-0.15, -0.1) is 11.3 Å². The zero-order valence-electron chi connectivity index (χ0n) is 11.1. The molecule has 1 aromatic heterocycles. The summed E-state index contributed by atoms with van der Waals surface area (Å²) in [6, 6.07) is 2.43. The minimum atomic E-state index is 0.108. The van der Waals surface area contributed by atoms with E-state index in [0.29, 0.717) is 19.1 Å². The van der Waals surface area contributed by atoms with Crippen molar-refractivity contribution in [1.82, 2.24) is 10.2 Å². The minimum absolute atomic E-state index is 0.108. The Morgan fingerprint density at radius 3 is 3.11 bits per heavy atom. The molecular weight excluding hydrogens is 258 g/mol. The summed E-state index contributed by atoms with van der Waals surface area (Å²) < 4.78 is 0. The topological polar surface area (TPSA) is 58.4 Å². The SMILES string of the molecule is CN(CC(=O)NC1CC1)Cc1sccc1C#CCN. The van der Waals surface area contributed by atoms with Gasteiger partial charge in [0.15, 0.2) is 0 Å². The minimum Gasteiger partial charge on any atom is -0.352 e. The molecule has 2 rings (SSSR count). The molecule has 0 unspecified atom stereocenters. The van der Waals surface area contributed by atoms with Crippen molar-refractivity contribution in [3.05, 3.63) is 21.9 Å². The van der Waals surface area contributed by atoms with Crippen molar-refractivity contribution in [3.63, 3.8) is 0 Å². The van der Waals surface area contributed by atoms with E-state index in [0.717, 1.165) is 24.9 Å². The number of carbonyl (C=O) groups is 1. The highest BCUT2D eigenvalue weighted by atomic mass is 32.1. The van der Waals surface area contributed by atoms with Crippen molar-refractivity contribution in [2.24, 2.45) is 5.73 Å². The molecule has 1 heterocycles. The van der Waals surface area contributed by atoms with Crippen molar-refractivity contribution in [2.45, 2.75) is 25.4 Å². The van der Waals surface area contributed by atoms with Gasteiger partial charge >= 0.3 is 0 Å². The van der Waals surface area contributed by atoms with Gasteiger partial charge in [0, 0.05) is 23.0 Å². The molecule has 1 aromatic rings. The number of nitrogens with zero attached hydrogens (tertiary/aromatic N) is 1. The summed E-state index contributed by atoms with van der Waals surface area (Å²) in [5, 5.41) is 5.01. The second-order valence-electron chi connectivity index (χ2n) is 4.78. The van der Waals surface area contributed by atoms with Crippen LogP contribution in [0.3, 0.4) is 0 Å².